The Morgan fingerprint density at radius 3 is 2.18 bits per heavy atom. The van der Waals surface area contributed by atoms with Crippen LogP contribution in [0.15, 0.2) is 0 Å². The molecule has 1 aliphatic heterocycles. The molecule has 1 atom stereocenters. The Morgan fingerprint density at radius 1 is 1.18 bits per heavy atom. The zero-order valence-corrected chi connectivity index (χ0v) is 13.8. The van der Waals surface area contributed by atoms with Crippen LogP contribution in [-0.4, -0.2) is 54.7 Å². The number of amides is 1. The smallest absolute Gasteiger partial charge is 0.321 e. The minimum absolute atomic E-state index is 0.0408. The fraction of sp³-hybridized carbons (Fsp3) is 0.857. The van der Waals surface area contributed by atoms with Gasteiger partial charge in [0, 0.05) is 19.0 Å². The second-order valence-electron chi connectivity index (χ2n) is 6.57. The molecule has 0 radical (unpaired) electrons. The van der Waals surface area contributed by atoms with E-state index in [9.17, 15) is 18.0 Å². The first-order chi connectivity index (χ1) is 10.2. The summed E-state index contributed by atoms with van der Waals surface area (Å²) >= 11 is 0. The zero-order chi connectivity index (χ0) is 16.5. The molecule has 2 rings (SSSR count). The number of carbonyl (C=O) groups is 2. The molecule has 22 heavy (non-hydrogen) atoms. The van der Waals surface area contributed by atoms with Crippen LogP contribution in [0.1, 0.15) is 39.5 Å². The molecule has 2 fully saturated rings. The molecule has 1 aliphatic carbocycles. The molecule has 0 bridgehead atoms. The Kier molecular flexibility index (Phi) is 5.11. The molecule has 0 spiro atoms. The van der Waals surface area contributed by atoms with Crippen molar-refractivity contribution in [3.8, 4) is 0 Å². The number of hydrogen-bond donors (Lipinski definition) is 2. The number of carboxylic acids is 1. The minimum Gasteiger partial charge on any atom is -0.480 e. The van der Waals surface area contributed by atoms with Gasteiger partial charge >= 0.3 is 5.97 Å². The fourth-order valence-electron chi connectivity index (χ4n) is 2.99. The van der Waals surface area contributed by atoms with E-state index in [2.05, 4.69) is 4.72 Å². The van der Waals surface area contributed by atoms with Gasteiger partial charge in [-0.25, -0.2) is 13.1 Å². The van der Waals surface area contributed by atoms with E-state index in [1.54, 1.807) is 18.7 Å². The highest BCUT2D eigenvalue weighted by atomic mass is 32.2. The normalized spacial score (nSPS) is 21.9. The number of likely N-dealkylation sites (tertiary alicyclic amines) is 1. The molecule has 7 nitrogen and oxygen atoms in total. The molecule has 2 N–H and O–H groups in total. The van der Waals surface area contributed by atoms with E-state index in [0.29, 0.717) is 0 Å². The Balaban J connectivity index is 1.90. The number of hydrogen-bond acceptors (Lipinski definition) is 4. The van der Waals surface area contributed by atoms with Gasteiger partial charge in [-0.3, -0.25) is 9.59 Å². The number of aliphatic carboxylic acids is 1. The summed E-state index contributed by atoms with van der Waals surface area (Å²) in [6.07, 6.45) is 3.89. The van der Waals surface area contributed by atoms with Gasteiger partial charge in [-0.15, -0.1) is 0 Å². The lowest BCUT2D eigenvalue weighted by molar-refractivity contribution is -0.140. The summed E-state index contributed by atoms with van der Waals surface area (Å²) in [6, 6.07) is -1.13. The molecule has 1 heterocycles. The molecular weight excluding hydrogens is 308 g/mol. The molecule has 8 heteroatoms. The highest BCUT2D eigenvalue weighted by Gasteiger charge is 2.43. The van der Waals surface area contributed by atoms with Crippen molar-refractivity contribution in [1.82, 2.24) is 9.62 Å². The van der Waals surface area contributed by atoms with Crippen molar-refractivity contribution in [1.29, 1.82) is 0 Å². The molecular formula is C14H24N2O5S. The monoisotopic (exact) mass is 332 g/mol. The van der Waals surface area contributed by atoms with Crippen LogP contribution in [0.5, 0.6) is 0 Å². The second-order valence-corrected chi connectivity index (χ2v) is 8.56. The van der Waals surface area contributed by atoms with Gasteiger partial charge in [0.2, 0.25) is 15.9 Å². The maximum atomic E-state index is 12.2. The third-order valence-electron chi connectivity index (χ3n) is 4.53. The Morgan fingerprint density at radius 2 is 1.73 bits per heavy atom. The van der Waals surface area contributed by atoms with Crippen LogP contribution in [0.4, 0.5) is 0 Å². The van der Waals surface area contributed by atoms with Gasteiger partial charge in [0.1, 0.15) is 11.3 Å². The molecule has 2 aliphatic rings. The first kappa shape index (κ1) is 17.2. The van der Waals surface area contributed by atoms with Crippen molar-refractivity contribution in [2.45, 2.75) is 50.8 Å². The maximum Gasteiger partial charge on any atom is 0.321 e. The summed E-state index contributed by atoms with van der Waals surface area (Å²) < 4.78 is 26.7. The summed E-state index contributed by atoms with van der Waals surface area (Å²) in [5.41, 5.74) is 0. The average molecular weight is 332 g/mol. The molecule has 1 amide bonds. The lowest BCUT2D eigenvalue weighted by Crippen LogP contribution is -2.62. The van der Waals surface area contributed by atoms with Crippen LogP contribution >= 0.6 is 0 Å². The predicted octanol–water partition coefficient (Wildman–Crippen LogP) is 0.416. The number of sulfonamides is 1. The van der Waals surface area contributed by atoms with Gasteiger partial charge in [0.15, 0.2) is 0 Å². The van der Waals surface area contributed by atoms with Crippen molar-refractivity contribution in [3.63, 3.8) is 0 Å². The second kappa shape index (κ2) is 6.54. The molecule has 1 saturated heterocycles. The number of nitrogens with one attached hydrogen (secondary N) is 1. The van der Waals surface area contributed by atoms with Crippen LogP contribution in [0.2, 0.25) is 0 Å². The number of carbonyl (C=O) groups excluding carboxylic acids is 1. The van der Waals surface area contributed by atoms with Crippen molar-refractivity contribution in [3.05, 3.63) is 0 Å². The van der Waals surface area contributed by atoms with Gasteiger partial charge in [-0.1, -0.05) is 26.7 Å². The van der Waals surface area contributed by atoms with E-state index in [0.717, 1.165) is 25.7 Å². The maximum absolute atomic E-state index is 12.2. The first-order valence-corrected chi connectivity index (χ1v) is 9.29. The summed E-state index contributed by atoms with van der Waals surface area (Å²) in [6.45, 7) is 3.63. The summed E-state index contributed by atoms with van der Waals surface area (Å²) in [5.74, 6) is -1.44. The Bertz CT molecular complexity index is 533. The van der Waals surface area contributed by atoms with Crippen LogP contribution < -0.4 is 4.72 Å². The third-order valence-corrected chi connectivity index (χ3v) is 6.29. The van der Waals surface area contributed by atoms with Crippen molar-refractivity contribution < 1.29 is 23.1 Å². The minimum atomic E-state index is -3.73. The van der Waals surface area contributed by atoms with Gasteiger partial charge in [-0.2, -0.15) is 0 Å². The van der Waals surface area contributed by atoms with E-state index in [4.69, 9.17) is 5.11 Å². The summed E-state index contributed by atoms with van der Waals surface area (Å²) in [5, 5.41) is 8.36. The predicted molar refractivity (Wildman–Crippen MR) is 80.6 cm³/mol. The number of carboxylic acid groups (broad SMARTS) is 1. The van der Waals surface area contributed by atoms with Gasteiger partial charge in [-0.05, 0) is 18.8 Å². The van der Waals surface area contributed by atoms with Gasteiger partial charge < -0.3 is 10.0 Å². The van der Waals surface area contributed by atoms with E-state index in [1.165, 1.54) is 0 Å². The van der Waals surface area contributed by atoms with Crippen molar-refractivity contribution in [2.24, 2.45) is 11.8 Å². The standard InChI is InChI=1S/C14H24N2O5S/c1-9(2)12(14(18)19)15-22(20,21)11-7-16(8-11)13(17)10-5-3-4-6-10/h9-12,15H,3-8H2,1-2H3,(H,18,19)/t12-/m0/s1. The largest absolute Gasteiger partial charge is 0.480 e. The topological polar surface area (TPSA) is 104 Å². The van der Waals surface area contributed by atoms with E-state index in [1.807, 2.05) is 0 Å². The molecule has 1 saturated carbocycles. The average Bonchev–Trinajstić information content (AvgIpc) is 2.86. The fourth-order valence-corrected chi connectivity index (χ4v) is 4.66. The molecule has 0 aromatic rings. The Hall–Kier alpha value is -1.15. The Labute approximate surface area is 131 Å². The van der Waals surface area contributed by atoms with Gasteiger partial charge in [0.05, 0.1) is 0 Å². The van der Waals surface area contributed by atoms with Crippen molar-refractivity contribution in [2.75, 3.05) is 13.1 Å². The van der Waals surface area contributed by atoms with Crippen molar-refractivity contribution >= 4 is 21.9 Å². The molecule has 126 valence electrons. The van der Waals surface area contributed by atoms with Gasteiger partial charge in [0.25, 0.3) is 0 Å². The highest BCUT2D eigenvalue weighted by Crippen LogP contribution is 2.29. The number of rotatable bonds is 6. The molecule has 0 aromatic carbocycles. The quantitative estimate of drug-likeness (QED) is 0.733. The zero-order valence-electron chi connectivity index (χ0n) is 13.0. The van der Waals surface area contributed by atoms with E-state index >= 15 is 0 Å². The molecule has 0 unspecified atom stereocenters. The van der Waals surface area contributed by atoms with Crippen LogP contribution in [0.3, 0.4) is 0 Å². The van der Waals surface area contributed by atoms with E-state index in [-0.39, 0.29) is 30.8 Å². The summed E-state index contributed by atoms with van der Waals surface area (Å²) in [7, 11) is -3.73. The summed E-state index contributed by atoms with van der Waals surface area (Å²) in [4.78, 5) is 24.8. The lowest BCUT2D eigenvalue weighted by Gasteiger charge is -2.40. The number of nitrogens with zero attached hydrogens (tertiary/aromatic N) is 1. The lowest BCUT2D eigenvalue weighted by atomic mass is 10.0. The van der Waals surface area contributed by atoms with E-state index < -0.39 is 27.3 Å². The van der Waals surface area contributed by atoms with Crippen LogP contribution in [-0.2, 0) is 19.6 Å². The van der Waals surface area contributed by atoms with Crippen LogP contribution in [0, 0.1) is 11.8 Å². The first-order valence-electron chi connectivity index (χ1n) is 7.75. The highest BCUT2D eigenvalue weighted by molar-refractivity contribution is 7.90. The SMILES string of the molecule is CC(C)[C@H](NS(=O)(=O)C1CN(C(=O)C2CCCC2)C1)C(=O)O. The van der Waals surface area contributed by atoms with Crippen LogP contribution in [0.25, 0.3) is 0 Å². The third kappa shape index (κ3) is 3.60. The molecule has 0 aromatic heterocycles.